The zero-order valence-corrected chi connectivity index (χ0v) is 14.6. The summed E-state index contributed by atoms with van der Waals surface area (Å²) in [5.74, 6) is 0.114. The highest BCUT2D eigenvalue weighted by Crippen LogP contribution is 2.29. The molecule has 0 radical (unpaired) electrons. The van der Waals surface area contributed by atoms with Gasteiger partial charge in [0.05, 0.1) is 0 Å². The fourth-order valence-electron chi connectivity index (χ4n) is 3.29. The van der Waals surface area contributed by atoms with Crippen molar-refractivity contribution in [3.05, 3.63) is 34.9 Å². The van der Waals surface area contributed by atoms with Crippen LogP contribution in [0.15, 0.2) is 24.3 Å². The van der Waals surface area contributed by atoms with Crippen molar-refractivity contribution in [3.8, 4) is 0 Å². The zero-order chi connectivity index (χ0) is 16.8. The third kappa shape index (κ3) is 4.96. The van der Waals surface area contributed by atoms with Crippen LogP contribution in [-0.2, 0) is 16.1 Å². The molecule has 0 spiro atoms. The Labute approximate surface area is 143 Å². The van der Waals surface area contributed by atoms with Crippen LogP contribution < -0.4 is 5.32 Å². The molecule has 1 aliphatic carbocycles. The van der Waals surface area contributed by atoms with Gasteiger partial charge in [-0.3, -0.25) is 9.59 Å². The average Bonchev–Trinajstić information content (AvgIpc) is 3.03. The lowest BCUT2D eigenvalue weighted by atomic mass is 9.96. The minimum absolute atomic E-state index is 0.00887. The van der Waals surface area contributed by atoms with Gasteiger partial charge in [0.2, 0.25) is 11.8 Å². The predicted octanol–water partition coefficient (Wildman–Crippen LogP) is 3.38. The standard InChI is InChI=1S/C18H25ClN2O2/c1-3-21(12-14-7-6-10-16(19)11-14)18(23)17(20-13(2)22)15-8-4-5-9-15/h6-7,10-11,15,17H,3-5,8-9,12H2,1-2H3,(H,20,22). The van der Waals surface area contributed by atoms with Gasteiger partial charge in [0, 0.05) is 25.0 Å². The van der Waals surface area contributed by atoms with Crippen molar-refractivity contribution in [2.45, 2.75) is 52.1 Å². The third-order valence-electron chi connectivity index (χ3n) is 4.45. The van der Waals surface area contributed by atoms with E-state index in [0.29, 0.717) is 18.1 Å². The molecule has 0 aliphatic heterocycles. The highest BCUT2D eigenvalue weighted by Gasteiger charge is 2.33. The molecular weight excluding hydrogens is 312 g/mol. The Morgan fingerprint density at radius 1 is 1.35 bits per heavy atom. The van der Waals surface area contributed by atoms with Gasteiger partial charge in [-0.15, -0.1) is 0 Å². The van der Waals surface area contributed by atoms with Gasteiger partial charge in [-0.1, -0.05) is 36.6 Å². The minimum Gasteiger partial charge on any atom is -0.344 e. The second kappa shape index (κ2) is 8.34. The van der Waals surface area contributed by atoms with E-state index in [9.17, 15) is 9.59 Å². The molecule has 0 aromatic heterocycles. The van der Waals surface area contributed by atoms with Crippen LogP contribution in [-0.4, -0.2) is 29.3 Å². The van der Waals surface area contributed by atoms with Gasteiger partial charge in [-0.2, -0.15) is 0 Å². The van der Waals surface area contributed by atoms with Crippen molar-refractivity contribution < 1.29 is 9.59 Å². The van der Waals surface area contributed by atoms with Crippen molar-refractivity contribution >= 4 is 23.4 Å². The third-order valence-corrected chi connectivity index (χ3v) is 4.69. The average molecular weight is 337 g/mol. The molecule has 1 fully saturated rings. The first-order valence-electron chi connectivity index (χ1n) is 8.31. The summed E-state index contributed by atoms with van der Waals surface area (Å²) in [5, 5.41) is 3.54. The number of carbonyl (C=O) groups is 2. The van der Waals surface area contributed by atoms with Gasteiger partial charge in [0.25, 0.3) is 0 Å². The first kappa shape index (κ1) is 17.8. The number of benzene rings is 1. The summed E-state index contributed by atoms with van der Waals surface area (Å²) >= 11 is 6.03. The van der Waals surface area contributed by atoms with E-state index in [1.807, 2.05) is 31.2 Å². The lowest BCUT2D eigenvalue weighted by molar-refractivity contribution is -0.138. The molecule has 1 saturated carbocycles. The summed E-state index contributed by atoms with van der Waals surface area (Å²) in [6.45, 7) is 4.55. The Kier molecular flexibility index (Phi) is 6.46. The topological polar surface area (TPSA) is 49.4 Å². The summed E-state index contributed by atoms with van der Waals surface area (Å²) < 4.78 is 0. The van der Waals surface area contributed by atoms with Gasteiger partial charge >= 0.3 is 0 Å². The van der Waals surface area contributed by atoms with Crippen LogP contribution in [0.4, 0.5) is 0 Å². The zero-order valence-electron chi connectivity index (χ0n) is 13.8. The Hall–Kier alpha value is -1.55. The van der Waals surface area contributed by atoms with E-state index in [1.54, 1.807) is 4.90 Å². The smallest absolute Gasteiger partial charge is 0.245 e. The van der Waals surface area contributed by atoms with Crippen LogP contribution in [0.2, 0.25) is 5.02 Å². The number of nitrogens with zero attached hydrogens (tertiary/aromatic N) is 1. The van der Waals surface area contributed by atoms with Crippen LogP contribution >= 0.6 is 11.6 Å². The molecule has 4 nitrogen and oxygen atoms in total. The maximum absolute atomic E-state index is 13.0. The Bertz CT molecular complexity index is 556. The number of rotatable bonds is 6. The maximum atomic E-state index is 13.0. The molecule has 1 aromatic carbocycles. The van der Waals surface area contributed by atoms with E-state index in [4.69, 9.17) is 11.6 Å². The summed E-state index contributed by atoms with van der Waals surface area (Å²) in [6, 6.07) is 7.14. The molecular formula is C18H25ClN2O2. The molecule has 23 heavy (non-hydrogen) atoms. The molecule has 126 valence electrons. The summed E-state index contributed by atoms with van der Waals surface area (Å²) in [7, 11) is 0. The summed E-state index contributed by atoms with van der Waals surface area (Å²) in [4.78, 5) is 26.3. The first-order valence-corrected chi connectivity index (χ1v) is 8.69. The van der Waals surface area contributed by atoms with Crippen molar-refractivity contribution in [2.75, 3.05) is 6.54 Å². The van der Waals surface area contributed by atoms with Gasteiger partial charge in [0.15, 0.2) is 0 Å². The maximum Gasteiger partial charge on any atom is 0.245 e. The van der Waals surface area contributed by atoms with Crippen molar-refractivity contribution in [1.29, 1.82) is 0 Å². The van der Waals surface area contributed by atoms with E-state index in [-0.39, 0.29) is 17.7 Å². The monoisotopic (exact) mass is 336 g/mol. The highest BCUT2D eigenvalue weighted by atomic mass is 35.5. The number of likely N-dealkylation sites (N-methyl/N-ethyl adjacent to an activating group) is 1. The van der Waals surface area contributed by atoms with Crippen molar-refractivity contribution in [3.63, 3.8) is 0 Å². The lowest BCUT2D eigenvalue weighted by Crippen LogP contribution is -2.51. The molecule has 1 aliphatic rings. The minimum atomic E-state index is -0.408. The molecule has 0 bridgehead atoms. The molecule has 1 atom stereocenters. The highest BCUT2D eigenvalue weighted by molar-refractivity contribution is 6.30. The van der Waals surface area contributed by atoms with Crippen LogP contribution in [0.1, 0.15) is 45.1 Å². The van der Waals surface area contributed by atoms with Crippen LogP contribution in [0.25, 0.3) is 0 Å². The molecule has 0 heterocycles. The van der Waals surface area contributed by atoms with E-state index in [0.717, 1.165) is 31.2 Å². The molecule has 0 saturated heterocycles. The summed E-state index contributed by atoms with van der Waals surface area (Å²) in [6.07, 6.45) is 4.28. The molecule has 1 aromatic rings. The Balaban J connectivity index is 2.12. The second-order valence-electron chi connectivity index (χ2n) is 6.21. The Morgan fingerprint density at radius 3 is 2.61 bits per heavy atom. The normalized spacial score (nSPS) is 16.1. The van der Waals surface area contributed by atoms with Crippen molar-refractivity contribution in [1.82, 2.24) is 10.2 Å². The number of hydrogen-bond acceptors (Lipinski definition) is 2. The first-order chi connectivity index (χ1) is 11.0. The van der Waals surface area contributed by atoms with E-state index in [2.05, 4.69) is 5.32 Å². The van der Waals surface area contributed by atoms with Crippen molar-refractivity contribution in [2.24, 2.45) is 5.92 Å². The number of amides is 2. The molecule has 2 rings (SSSR count). The number of halogens is 1. The number of carbonyl (C=O) groups excluding carboxylic acids is 2. The van der Waals surface area contributed by atoms with E-state index in [1.165, 1.54) is 6.92 Å². The number of nitrogens with one attached hydrogen (secondary N) is 1. The van der Waals surface area contributed by atoms with Crippen LogP contribution in [0.5, 0.6) is 0 Å². The molecule has 2 amide bonds. The largest absolute Gasteiger partial charge is 0.344 e. The van der Waals surface area contributed by atoms with E-state index >= 15 is 0 Å². The quantitative estimate of drug-likeness (QED) is 0.865. The van der Waals surface area contributed by atoms with Gasteiger partial charge in [-0.25, -0.2) is 0 Å². The van der Waals surface area contributed by atoms with Gasteiger partial charge in [0.1, 0.15) is 6.04 Å². The predicted molar refractivity (Wildman–Crippen MR) is 92.1 cm³/mol. The Morgan fingerprint density at radius 2 is 2.04 bits per heavy atom. The van der Waals surface area contributed by atoms with E-state index < -0.39 is 6.04 Å². The van der Waals surface area contributed by atoms with Crippen LogP contribution in [0, 0.1) is 5.92 Å². The van der Waals surface area contributed by atoms with Gasteiger partial charge < -0.3 is 10.2 Å². The lowest BCUT2D eigenvalue weighted by Gasteiger charge is -2.30. The summed E-state index contributed by atoms with van der Waals surface area (Å²) in [5.41, 5.74) is 1.00. The second-order valence-corrected chi connectivity index (χ2v) is 6.64. The fraction of sp³-hybridized carbons (Fsp3) is 0.556. The van der Waals surface area contributed by atoms with Gasteiger partial charge in [-0.05, 0) is 43.4 Å². The molecule has 1 unspecified atom stereocenters. The molecule has 5 heteroatoms. The SMILES string of the molecule is CCN(Cc1cccc(Cl)c1)C(=O)C(NC(C)=O)C1CCCC1. The molecule has 1 N–H and O–H groups in total. The fourth-order valence-corrected chi connectivity index (χ4v) is 3.50. The number of hydrogen-bond donors (Lipinski definition) is 1. The van der Waals surface area contributed by atoms with Crippen LogP contribution in [0.3, 0.4) is 0 Å².